The Morgan fingerprint density at radius 1 is 1.27 bits per heavy atom. The first kappa shape index (κ1) is 14.8. The molecule has 1 amide bonds. The Kier molecular flexibility index (Phi) is 4.27. The Hall–Kier alpha value is -2.10. The zero-order valence-corrected chi connectivity index (χ0v) is 13.3. The van der Waals surface area contributed by atoms with Crippen LogP contribution in [0.3, 0.4) is 0 Å². The molecule has 3 rings (SSSR count). The molecule has 1 aromatic carbocycles. The Labute approximate surface area is 131 Å². The summed E-state index contributed by atoms with van der Waals surface area (Å²) in [4.78, 5) is 11.9. The third kappa shape index (κ3) is 2.91. The molecule has 22 heavy (non-hydrogen) atoms. The fourth-order valence-corrected chi connectivity index (χ4v) is 2.98. The van der Waals surface area contributed by atoms with Crippen LogP contribution in [-0.4, -0.2) is 22.2 Å². The molecule has 1 saturated carbocycles. The van der Waals surface area contributed by atoms with Crippen LogP contribution in [0.2, 0.25) is 0 Å². The van der Waals surface area contributed by atoms with Gasteiger partial charge in [-0.25, -0.2) is 4.68 Å². The third-order valence-electron chi connectivity index (χ3n) is 4.59. The summed E-state index contributed by atoms with van der Waals surface area (Å²) in [6.45, 7) is 4.82. The van der Waals surface area contributed by atoms with Gasteiger partial charge in [0.2, 0.25) is 5.91 Å². The minimum Gasteiger partial charge on any atom is -0.356 e. The lowest BCUT2D eigenvalue weighted by atomic mass is 9.85. The molecule has 0 bridgehead atoms. The van der Waals surface area contributed by atoms with E-state index in [1.54, 1.807) is 0 Å². The Morgan fingerprint density at radius 3 is 2.64 bits per heavy atom. The molecule has 4 heteroatoms. The van der Waals surface area contributed by atoms with E-state index >= 15 is 0 Å². The van der Waals surface area contributed by atoms with Gasteiger partial charge in [0.05, 0.1) is 11.4 Å². The number of hydrogen-bond donors (Lipinski definition) is 1. The number of hydrogen-bond acceptors (Lipinski definition) is 2. The lowest BCUT2D eigenvalue weighted by molar-refractivity contribution is -0.127. The van der Waals surface area contributed by atoms with E-state index in [1.807, 2.05) is 29.8 Å². The number of benzene rings is 1. The molecule has 0 saturated heterocycles. The van der Waals surface area contributed by atoms with Crippen LogP contribution in [0.15, 0.2) is 30.3 Å². The van der Waals surface area contributed by atoms with Crippen LogP contribution >= 0.6 is 0 Å². The SMILES string of the molecule is Cc1nn(-c2ccccc2)c(C)c1CCNC(=O)C1CCC1. The topological polar surface area (TPSA) is 46.9 Å². The molecule has 4 nitrogen and oxygen atoms in total. The molecule has 1 heterocycles. The van der Waals surface area contributed by atoms with Gasteiger partial charge in [-0.3, -0.25) is 4.79 Å². The van der Waals surface area contributed by atoms with Crippen LogP contribution in [-0.2, 0) is 11.2 Å². The first-order chi connectivity index (χ1) is 10.7. The van der Waals surface area contributed by atoms with Crippen LogP contribution in [0, 0.1) is 19.8 Å². The zero-order chi connectivity index (χ0) is 15.5. The summed E-state index contributed by atoms with van der Waals surface area (Å²) in [5, 5.41) is 7.71. The van der Waals surface area contributed by atoms with Crippen molar-refractivity contribution in [2.75, 3.05) is 6.54 Å². The first-order valence-electron chi connectivity index (χ1n) is 8.05. The van der Waals surface area contributed by atoms with E-state index in [0.717, 1.165) is 36.3 Å². The van der Waals surface area contributed by atoms with Crippen molar-refractivity contribution in [2.24, 2.45) is 5.92 Å². The van der Waals surface area contributed by atoms with Crippen LogP contribution < -0.4 is 5.32 Å². The van der Waals surface area contributed by atoms with Crippen molar-refractivity contribution in [2.45, 2.75) is 39.5 Å². The number of amides is 1. The molecule has 0 atom stereocenters. The number of rotatable bonds is 5. The van der Waals surface area contributed by atoms with Gasteiger partial charge in [0, 0.05) is 18.2 Å². The highest BCUT2D eigenvalue weighted by Gasteiger charge is 2.24. The fourth-order valence-electron chi connectivity index (χ4n) is 2.98. The largest absolute Gasteiger partial charge is 0.356 e. The second kappa shape index (κ2) is 6.34. The van der Waals surface area contributed by atoms with Gasteiger partial charge < -0.3 is 5.32 Å². The summed E-state index contributed by atoms with van der Waals surface area (Å²) < 4.78 is 1.98. The Bertz CT molecular complexity index is 656. The molecule has 0 spiro atoms. The predicted molar refractivity (Wildman–Crippen MR) is 87.1 cm³/mol. The Morgan fingerprint density at radius 2 is 2.00 bits per heavy atom. The van der Waals surface area contributed by atoms with Gasteiger partial charge in [-0.05, 0) is 50.8 Å². The van der Waals surface area contributed by atoms with Gasteiger partial charge >= 0.3 is 0 Å². The summed E-state index contributed by atoms with van der Waals surface area (Å²) in [5.41, 5.74) is 4.51. The van der Waals surface area contributed by atoms with Gasteiger partial charge in [-0.1, -0.05) is 24.6 Å². The maximum atomic E-state index is 11.9. The molecular formula is C18H23N3O. The van der Waals surface area contributed by atoms with E-state index in [-0.39, 0.29) is 11.8 Å². The number of nitrogens with zero attached hydrogens (tertiary/aromatic N) is 2. The molecule has 1 aromatic heterocycles. The number of aryl methyl sites for hydroxylation is 1. The number of nitrogens with one attached hydrogen (secondary N) is 1. The maximum absolute atomic E-state index is 11.9. The van der Waals surface area contributed by atoms with Gasteiger partial charge in [-0.15, -0.1) is 0 Å². The van der Waals surface area contributed by atoms with Crippen molar-refractivity contribution in [1.82, 2.24) is 15.1 Å². The highest BCUT2D eigenvalue weighted by atomic mass is 16.1. The standard InChI is InChI=1S/C18H23N3O/c1-13-17(11-12-19-18(22)15-7-6-8-15)14(2)21(20-13)16-9-4-3-5-10-16/h3-5,9-10,15H,6-8,11-12H2,1-2H3,(H,19,22). The predicted octanol–water partition coefficient (Wildman–Crippen LogP) is 2.95. The summed E-state index contributed by atoms with van der Waals surface area (Å²) in [6.07, 6.45) is 4.13. The lowest BCUT2D eigenvalue weighted by Crippen LogP contribution is -2.35. The highest BCUT2D eigenvalue weighted by Crippen LogP contribution is 2.26. The molecule has 0 radical (unpaired) electrons. The summed E-state index contributed by atoms with van der Waals surface area (Å²) in [6, 6.07) is 10.2. The second-order valence-corrected chi connectivity index (χ2v) is 6.07. The monoisotopic (exact) mass is 297 g/mol. The number of aromatic nitrogens is 2. The molecule has 1 fully saturated rings. The molecule has 1 aliphatic rings. The van der Waals surface area contributed by atoms with E-state index in [1.165, 1.54) is 12.0 Å². The van der Waals surface area contributed by atoms with Crippen molar-refractivity contribution in [3.05, 3.63) is 47.3 Å². The van der Waals surface area contributed by atoms with Crippen molar-refractivity contribution in [3.63, 3.8) is 0 Å². The molecule has 116 valence electrons. The van der Waals surface area contributed by atoms with Gasteiger partial charge in [0.1, 0.15) is 0 Å². The molecule has 1 N–H and O–H groups in total. The number of carbonyl (C=O) groups excluding carboxylic acids is 1. The van der Waals surface area contributed by atoms with Crippen molar-refractivity contribution in [1.29, 1.82) is 0 Å². The molecule has 0 aliphatic heterocycles. The molecule has 2 aromatic rings. The first-order valence-corrected chi connectivity index (χ1v) is 8.05. The minimum absolute atomic E-state index is 0.219. The van der Waals surface area contributed by atoms with Crippen LogP contribution in [0.25, 0.3) is 5.69 Å². The molecular weight excluding hydrogens is 274 g/mol. The normalized spacial score (nSPS) is 14.6. The average molecular weight is 297 g/mol. The van der Waals surface area contributed by atoms with E-state index in [4.69, 9.17) is 0 Å². The van der Waals surface area contributed by atoms with Crippen LogP contribution in [0.1, 0.15) is 36.2 Å². The van der Waals surface area contributed by atoms with Crippen molar-refractivity contribution >= 4 is 5.91 Å². The van der Waals surface area contributed by atoms with Crippen molar-refractivity contribution in [3.8, 4) is 5.69 Å². The summed E-state index contributed by atoms with van der Waals surface area (Å²) in [5.74, 6) is 0.478. The maximum Gasteiger partial charge on any atom is 0.223 e. The van der Waals surface area contributed by atoms with Crippen LogP contribution in [0.5, 0.6) is 0 Å². The number of carbonyl (C=O) groups is 1. The highest BCUT2D eigenvalue weighted by molar-refractivity contribution is 5.79. The van der Waals surface area contributed by atoms with Gasteiger partial charge in [0.25, 0.3) is 0 Å². The third-order valence-corrected chi connectivity index (χ3v) is 4.59. The Balaban J connectivity index is 1.66. The fraction of sp³-hybridized carbons (Fsp3) is 0.444. The van der Waals surface area contributed by atoms with Gasteiger partial charge in [-0.2, -0.15) is 5.10 Å². The smallest absolute Gasteiger partial charge is 0.223 e. The van der Waals surface area contributed by atoms with E-state index in [9.17, 15) is 4.79 Å². The number of para-hydroxylation sites is 1. The molecule has 0 unspecified atom stereocenters. The average Bonchev–Trinajstić information content (AvgIpc) is 2.74. The quantitative estimate of drug-likeness (QED) is 0.922. The van der Waals surface area contributed by atoms with Gasteiger partial charge in [0.15, 0.2) is 0 Å². The van der Waals surface area contributed by atoms with E-state index in [0.29, 0.717) is 6.54 Å². The van der Waals surface area contributed by atoms with Crippen LogP contribution in [0.4, 0.5) is 0 Å². The van der Waals surface area contributed by atoms with E-state index < -0.39 is 0 Å². The van der Waals surface area contributed by atoms with E-state index in [2.05, 4.69) is 29.5 Å². The molecule has 1 aliphatic carbocycles. The second-order valence-electron chi connectivity index (χ2n) is 6.07. The lowest BCUT2D eigenvalue weighted by Gasteiger charge is -2.24. The van der Waals surface area contributed by atoms with Crippen molar-refractivity contribution < 1.29 is 4.79 Å². The summed E-state index contributed by atoms with van der Waals surface area (Å²) >= 11 is 0. The zero-order valence-electron chi connectivity index (χ0n) is 13.3. The minimum atomic E-state index is 0.219. The summed E-state index contributed by atoms with van der Waals surface area (Å²) in [7, 11) is 0.